The maximum absolute atomic E-state index is 11.3. The van der Waals surface area contributed by atoms with Crippen molar-refractivity contribution in [3.63, 3.8) is 0 Å². The Morgan fingerprint density at radius 1 is 0.941 bits per heavy atom. The summed E-state index contributed by atoms with van der Waals surface area (Å²) in [6.45, 7) is 0.793. The molecule has 7 heteroatoms. The number of hydrogen-bond donors (Lipinski definition) is 0. The summed E-state index contributed by atoms with van der Waals surface area (Å²) in [5.41, 5.74) is 3.48. The summed E-state index contributed by atoms with van der Waals surface area (Å²) in [6.07, 6.45) is 4.66. The third-order valence-electron chi connectivity index (χ3n) is 5.85. The van der Waals surface area contributed by atoms with Crippen molar-refractivity contribution in [1.82, 2.24) is 9.97 Å². The van der Waals surface area contributed by atoms with Gasteiger partial charge in [-0.15, -0.1) is 0 Å². The zero-order chi connectivity index (χ0) is 23.9. The highest BCUT2D eigenvalue weighted by atomic mass is 16.5. The summed E-state index contributed by atoms with van der Waals surface area (Å²) >= 11 is 0. The lowest BCUT2D eigenvalue weighted by atomic mass is 9.99. The van der Waals surface area contributed by atoms with Gasteiger partial charge < -0.3 is 18.8 Å². The third-order valence-corrected chi connectivity index (χ3v) is 5.85. The van der Waals surface area contributed by atoms with Gasteiger partial charge in [0.25, 0.3) is 0 Å². The second-order valence-electron chi connectivity index (χ2n) is 8.09. The molecule has 2 aromatic carbocycles. The van der Waals surface area contributed by atoms with Gasteiger partial charge in [-0.1, -0.05) is 48.9 Å². The average molecular weight is 460 g/mol. The van der Waals surface area contributed by atoms with Gasteiger partial charge in [-0.2, -0.15) is 0 Å². The van der Waals surface area contributed by atoms with E-state index in [1.165, 1.54) is 7.11 Å². The molecule has 2 aromatic heterocycles. The highest BCUT2D eigenvalue weighted by Crippen LogP contribution is 2.43. The molecule has 0 fully saturated rings. The predicted molar refractivity (Wildman–Crippen MR) is 133 cm³/mol. The van der Waals surface area contributed by atoms with Crippen LogP contribution in [0, 0.1) is 0 Å². The Bertz CT molecular complexity index is 1240. The number of furan rings is 1. The average Bonchev–Trinajstić information content (AvgIpc) is 3.28. The molecule has 4 rings (SSSR count). The fourth-order valence-corrected chi connectivity index (χ4v) is 4.04. The maximum Gasteiger partial charge on any atom is 0.305 e. The first-order chi connectivity index (χ1) is 16.6. The minimum Gasteiger partial charge on any atom is -0.497 e. The molecule has 0 aliphatic rings. The van der Waals surface area contributed by atoms with Crippen LogP contribution >= 0.6 is 0 Å². The maximum atomic E-state index is 11.3. The second kappa shape index (κ2) is 10.8. The van der Waals surface area contributed by atoms with Gasteiger partial charge in [-0.05, 0) is 30.5 Å². The molecule has 0 aliphatic carbocycles. The Morgan fingerprint density at radius 2 is 1.71 bits per heavy atom. The number of fused-ring (bicyclic) bond motifs is 1. The Balaban J connectivity index is 1.71. The van der Waals surface area contributed by atoms with Crippen LogP contribution in [0.25, 0.3) is 33.6 Å². The smallest absolute Gasteiger partial charge is 0.305 e. The zero-order valence-electron chi connectivity index (χ0n) is 19.8. The molecule has 0 atom stereocenters. The van der Waals surface area contributed by atoms with E-state index in [2.05, 4.69) is 14.9 Å². The van der Waals surface area contributed by atoms with Crippen LogP contribution in [-0.4, -0.2) is 43.7 Å². The second-order valence-corrected chi connectivity index (χ2v) is 8.09. The standard InChI is InChI=1S/C27H29N3O4/c1-30(17-9-5-8-12-22(31)33-3)26-24-23(19-13-15-21(32-2)16-14-19)25(20-10-6-4-7-11-20)34-27(24)29-18-28-26/h4,6-7,10-11,13-16,18H,5,8-9,12,17H2,1-3H3. The molecule has 0 saturated carbocycles. The molecule has 0 unspecified atom stereocenters. The summed E-state index contributed by atoms with van der Waals surface area (Å²) in [5, 5.41) is 0.878. The number of carbonyl (C=O) groups excluding carboxylic acids is 1. The fourth-order valence-electron chi connectivity index (χ4n) is 4.04. The number of methoxy groups -OCH3 is 2. The molecular formula is C27H29N3O4. The van der Waals surface area contributed by atoms with Crippen molar-refractivity contribution in [2.75, 3.05) is 32.7 Å². The predicted octanol–water partition coefficient (Wildman–Crippen LogP) is 5.74. The lowest BCUT2D eigenvalue weighted by Crippen LogP contribution is -2.20. The Labute approximate surface area is 199 Å². The van der Waals surface area contributed by atoms with E-state index in [4.69, 9.17) is 13.9 Å². The van der Waals surface area contributed by atoms with Gasteiger partial charge in [-0.25, -0.2) is 9.97 Å². The normalized spacial score (nSPS) is 10.9. The van der Waals surface area contributed by atoms with E-state index in [0.717, 1.165) is 65.2 Å². The number of nitrogens with zero attached hydrogens (tertiary/aromatic N) is 3. The van der Waals surface area contributed by atoms with Crippen molar-refractivity contribution in [3.8, 4) is 28.2 Å². The monoisotopic (exact) mass is 459 g/mol. The van der Waals surface area contributed by atoms with Crippen LogP contribution < -0.4 is 9.64 Å². The van der Waals surface area contributed by atoms with E-state index in [9.17, 15) is 4.79 Å². The number of benzene rings is 2. The van der Waals surface area contributed by atoms with Gasteiger partial charge in [-0.3, -0.25) is 4.79 Å². The summed E-state index contributed by atoms with van der Waals surface area (Å²) in [6, 6.07) is 18.0. The highest BCUT2D eigenvalue weighted by Gasteiger charge is 2.23. The molecule has 0 saturated heterocycles. The van der Waals surface area contributed by atoms with E-state index in [-0.39, 0.29) is 5.97 Å². The van der Waals surface area contributed by atoms with Crippen molar-refractivity contribution in [1.29, 1.82) is 0 Å². The van der Waals surface area contributed by atoms with Gasteiger partial charge in [0.1, 0.15) is 23.7 Å². The van der Waals surface area contributed by atoms with Crippen LogP contribution in [0.2, 0.25) is 0 Å². The summed E-state index contributed by atoms with van der Waals surface area (Å²) < 4.78 is 16.4. The Hall–Kier alpha value is -3.87. The molecule has 0 spiro atoms. The van der Waals surface area contributed by atoms with Crippen molar-refractivity contribution in [3.05, 3.63) is 60.9 Å². The number of ether oxygens (including phenoxy) is 2. The molecule has 4 aromatic rings. The first kappa shape index (κ1) is 23.3. The summed E-state index contributed by atoms with van der Waals surface area (Å²) in [4.78, 5) is 22.5. The molecule has 0 bridgehead atoms. The minimum absolute atomic E-state index is 0.165. The number of rotatable bonds is 10. The first-order valence-corrected chi connectivity index (χ1v) is 11.4. The van der Waals surface area contributed by atoms with Crippen LogP contribution in [-0.2, 0) is 9.53 Å². The Kier molecular flexibility index (Phi) is 7.42. The minimum atomic E-state index is -0.165. The van der Waals surface area contributed by atoms with Crippen LogP contribution in [0.15, 0.2) is 65.3 Å². The van der Waals surface area contributed by atoms with Crippen molar-refractivity contribution in [2.45, 2.75) is 25.7 Å². The van der Waals surface area contributed by atoms with Crippen LogP contribution in [0.3, 0.4) is 0 Å². The van der Waals surface area contributed by atoms with Gasteiger partial charge in [0.15, 0.2) is 0 Å². The molecule has 7 nitrogen and oxygen atoms in total. The van der Waals surface area contributed by atoms with Crippen LogP contribution in [0.5, 0.6) is 5.75 Å². The fraction of sp³-hybridized carbons (Fsp3) is 0.296. The Morgan fingerprint density at radius 3 is 2.41 bits per heavy atom. The van der Waals surface area contributed by atoms with E-state index < -0.39 is 0 Å². The van der Waals surface area contributed by atoms with Gasteiger partial charge >= 0.3 is 5.97 Å². The lowest BCUT2D eigenvalue weighted by molar-refractivity contribution is -0.140. The van der Waals surface area contributed by atoms with Crippen molar-refractivity contribution < 1.29 is 18.7 Å². The molecule has 34 heavy (non-hydrogen) atoms. The largest absolute Gasteiger partial charge is 0.497 e. The van der Waals surface area contributed by atoms with Crippen LogP contribution in [0.1, 0.15) is 25.7 Å². The van der Waals surface area contributed by atoms with Gasteiger partial charge in [0, 0.05) is 31.1 Å². The zero-order valence-corrected chi connectivity index (χ0v) is 19.8. The molecule has 176 valence electrons. The van der Waals surface area contributed by atoms with Gasteiger partial charge in [0.2, 0.25) is 5.71 Å². The SMILES string of the molecule is COC(=O)CCCCCN(C)c1ncnc2oc(-c3ccccc3)c(-c3ccc(OC)cc3)c12. The summed E-state index contributed by atoms with van der Waals surface area (Å²) in [7, 11) is 5.10. The molecule has 0 radical (unpaired) electrons. The number of aromatic nitrogens is 2. The van der Waals surface area contributed by atoms with Gasteiger partial charge in [0.05, 0.1) is 19.6 Å². The van der Waals surface area contributed by atoms with Crippen LogP contribution in [0.4, 0.5) is 5.82 Å². The van der Waals surface area contributed by atoms with Crippen molar-refractivity contribution >= 4 is 22.9 Å². The number of anilines is 1. The van der Waals surface area contributed by atoms with E-state index in [0.29, 0.717) is 12.1 Å². The topological polar surface area (TPSA) is 77.7 Å². The number of carbonyl (C=O) groups is 1. The molecule has 0 amide bonds. The molecule has 0 aliphatic heterocycles. The van der Waals surface area contributed by atoms with E-state index in [1.54, 1.807) is 13.4 Å². The molecular weight excluding hydrogens is 430 g/mol. The molecule has 0 N–H and O–H groups in total. The first-order valence-electron chi connectivity index (χ1n) is 11.4. The number of hydrogen-bond acceptors (Lipinski definition) is 7. The number of unbranched alkanes of at least 4 members (excludes halogenated alkanes) is 2. The molecule has 2 heterocycles. The van der Waals surface area contributed by atoms with Crippen molar-refractivity contribution in [2.24, 2.45) is 0 Å². The van der Waals surface area contributed by atoms with E-state index >= 15 is 0 Å². The third kappa shape index (κ3) is 5.03. The quantitative estimate of drug-likeness (QED) is 0.221. The van der Waals surface area contributed by atoms with E-state index in [1.807, 2.05) is 61.6 Å². The number of esters is 1. The summed E-state index contributed by atoms with van der Waals surface area (Å²) in [5.74, 6) is 2.20. The lowest BCUT2D eigenvalue weighted by Gasteiger charge is -2.19. The highest BCUT2D eigenvalue weighted by molar-refractivity contribution is 6.06.